The summed E-state index contributed by atoms with van der Waals surface area (Å²) in [5, 5.41) is 0. The first-order valence-electron chi connectivity index (χ1n) is 9.56. The molecule has 3 heteroatoms. The number of hydrogen-bond acceptors (Lipinski definition) is 2. The van der Waals surface area contributed by atoms with Crippen molar-refractivity contribution in [3.63, 3.8) is 0 Å². The number of amides is 1. The third-order valence-electron chi connectivity index (χ3n) is 6.31. The Hall–Kier alpha value is -2.68. The normalized spacial score (nSPS) is 24.3. The van der Waals surface area contributed by atoms with Gasteiger partial charge in [0.2, 0.25) is 0 Å². The maximum absolute atomic E-state index is 13.3. The number of carbonyl (C=O) groups excluding carboxylic acids is 2. The summed E-state index contributed by atoms with van der Waals surface area (Å²) in [6, 6.07) is 19.3. The summed E-state index contributed by atoms with van der Waals surface area (Å²) in [5.74, 6) is 0.868. The quantitative estimate of drug-likeness (QED) is 0.732. The Bertz CT molecular complexity index is 912. The number of rotatable bonds is 4. The third kappa shape index (κ3) is 3.01. The van der Waals surface area contributed by atoms with E-state index in [0.29, 0.717) is 24.4 Å². The van der Waals surface area contributed by atoms with E-state index in [2.05, 4.69) is 13.8 Å². The molecule has 0 saturated heterocycles. The Morgan fingerprint density at radius 3 is 2.22 bits per heavy atom. The van der Waals surface area contributed by atoms with Crippen LogP contribution < -0.4 is 0 Å². The largest absolute Gasteiger partial charge is 0.308 e. The Kier molecular flexibility index (Phi) is 4.26. The van der Waals surface area contributed by atoms with Crippen LogP contribution in [0.2, 0.25) is 0 Å². The maximum atomic E-state index is 13.3. The monoisotopic (exact) mass is 359 g/mol. The molecule has 2 unspecified atom stereocenters. The van der Waals surface area contributed by atoms with Crippen molar-refractivity contribution in [3.05, 3.63) is 83.1 Å². The maximum Gasteiger partial charge on any atom is 0.258 e. The Morgan fingerprint density at radius 1 is 1.04 bits per heavy atom. The second kappa shape index (κ2) is 6.49. The minimum atomic E-state index is -0.0563. The highest BCUT2D eigenvalue weighted by atomic mass is 16.2. The lowest BCUT2D eigenvalue weighted by molar-refractivity contribution is -0.115. The molecule has 2 aliphatic rings. The van der Waals surface area contributed by atoms with Gasteiger partial charge in [0, 0.05) is 23.3 Å². The van der Waals surface area contributed by atoms with E-state index in [1.807, 2.05) is 67.6 Å². The highest BCUT2D eigenvalue weighted by molar-refractivity contribution is 6.03. The van der Waals surface area contributed by atoms with Crippen LogP contribution in [0.25, 0.3) is 0 Å². The summed E-state index contributed by atoms with van der Waals surface area (Å²) in [4.78, 5) is 27.8. The molecule has 0 aliphatic heterocycles. The van der Waals surface area contributed by atoms with Gasteiger partial charge in [0.25, 0.3) is 5.91 Å². The zero-order valence-electron chi connectivity index (χ0n) is 16.1. The topological polar surface area (TPSA) is 37.4 Å². The first kappa shape index (κ1) is 17.7. The molecule has 2 fully saturated rings. The summed E-state index contributed by atoms with van der Waals surface area (Å²) in [7, 11) is 0. The fourth-order valence-electron chi connectivity index (χ4n) is 4.60. The zero-order chi connectivity index (χ0) is 19.2. The molecule has 0 bridgehead atoms. The lowest BCUT2D eigenvalue weighted by atomic mass is 9.94. The number of hydrogen-bond donors (Lipinski definition) is 0. The van der Waals surface area contributed by atoms with Crippen LogP contribution in [-0.4, -0.2) is 16.6 Å². The fraction of sp³-hybridized carbons (Fsp3) is 0.333. The lowest BCUT2D eigenvalue weighted by Crippen LogP contribution is -2.31. The summed E-state index contributed by atoms with van der Waals surface area (Å²) in [6.45, 7) is 6.86. The molecule has 2 aromatic carbocycles. The number of carbonyl (C=O) groups is 2. The second-order valence-electron chi connectivity index (χ2n) is 8.27. The molecule has 0 heterocycles. The van der Waals surface area contributed by atoms with Crippen LogP contribution in [0.1, 0.15) is 43.1 Å². The number of fused-ring (bicyclic) bond motifs is 1. The molecule has 2 aromatic rings. The minimum absolute atomic E-state index is 0.0563. The van der Waals surface area contributed by atoms with E-state index >= 15 is 0 Å². The SMILES string of the molecule is CC(=C1C(=O)CC2C1C2(C)C)N(Cc1ccccc1)C(=O)c1ccccc1. The van der Waals surface area contributed by atoms with Crippen LogP contribution in [-0.2, 0) is 11.3 Å². The van der Waals surface area contributed by atoms with Crippen molar-refractivity contribution >= 4 is 11.7 Å². The molecule has 0 N–H and O–H groups in total. The molecule has 138 valence electrons. The molecule has 27 heavy (non-hydrogen) atoms. The number of allylic oxidation sites excluding steroid dienone is 2. The highest BCUT2D eigenvalue weighted by Crippen LogP contribution is 2.68. The Balaban J connectivity index is 1.75. The molecule has 4 rings (SSSR count). The molecule has 2 aliphatic carbocycles. The first-order chi connectivity index (χ1) is 12.9. The van der Waals surface area contributed by atoms with Crippen LogP contribution in [0.3, 0.4) is 0 Å². The van der Waals surface area contributed by atoms with Crippen molar-refractivity contribution in [2.24, 2.45) is 17.3 Å². The van der Waals surface area contributed by atoms with Gasteiger partial charge in [-0.15, -0.1) is 0 Å². The van der Waals surface area contributed by atoms with Crippen molar-refractivity contribution in [2.45, 2.75) is 33.7 Å². The van der Waals surface area contributed by atoms with Crippen LogP contribution in [0.15, 0.2) is 71.9 Å². The average Bonchev–Trinajstić information content (AvgIpc) is 3.02. The van der Waals surface area contributed by atoms with E-state index in [9.17, 15) is 9.59 Å². The van der Waals surface area contributed by atoms with Crippen LogP contribution in [0.4, 0.5) is 0 Å². The molecule has 3 nitrogen and oxygen atoms in total. The third-order valence-corrected chi connectivity index (χ3v) is 6.31. The van der Waals surface area contributed by atoms with E-state index in [1.165, 1.54) is 0 Å². The van der Waals surface area contributed by atoms with E-state index in [1.54, 1.807) is 4.90 Å². The van der Waals surface area contributed by atoms with E-state index < -0.39 is 0 Å². The summed E-state index contributed by atoms with van der Waals surface area (Å²) in [5.41, 5.74) is 3.55. The molecular weight excluding hydrogens is 334 g/mol. The molecule has 1 amide bonds. The number of benzene rings is 2. The summed E-state index contributed by atoms with van der Waals surface area (Å²) in [6.07, 6.45) is 0.614. The standard InChI is InChI=1S/C24H25NO2/c1-16(21-20(26)14-19-22(21)24(19,2)3)25(15-17-10-6-4-7-11-17)23(27)18-12-8-5-9-13-18/h4-13,19,22H,14-15H2,1-3H3. The van der Waals surface area contributed by atoms with Gasteiger partial charge in [-0.25, -0.2) is 0 Å². The van der Waals surface area contributed by atoms with Gasteiger partial charge in [0.15, 0.2) is 5.78 Å². The Morgan fingerprint density at radius 2 is 1.63 bits per heavy atom. The van der Waals surface area contributed by atoms with Gasteiger partial charge < -0.3 is 4.90 Å². The molecule has 2 atom stereocenters. The molecule has 2 saturated carbocycles. The number of ketones is 1. The minimum Gasteiger partial charge on any atom is -0.308 e. The predicted octanol–water partition coefficient (Wildman–Crippen LogP) is 4.85. The van der Waals surface area contributed by atoms with Crippen molar-refractivity contribution in [2.75, 3.05) is 0 Å². The summed E-state index contributed by atoms with van der Waals surface area (Å²) < 4.78 is 0. The zero-order valence-corrected chi connectivity index (χ0v) is 16.1. The van der Waals surface area contributed by atoms with Gasteiger partial charge in [-0.1, -0.05) is 62.4 Å². The van der Waals surface area contributed by atoms with Crippen LogP contribution >= 0.6 is 0 Å². The van der Waals surface area contributed by atoms with Crippen molar-refractivity contribution in [1.29, 1.82) is 0 Å². The van der Waals surface area contributed by atoms with Gasteiger partial charge in [0.1, 0.15) is 0 Å². The predicted molar refractivity (Wildman–Crippen MR) is 106 cm³/mol. The second-order valence-corrected chi connectivity index (χ2v) is 8.27. The average molecular weight is 359 g/mol. The molecule has 0 radical (unpaired) electrons. The first-order valence-corrected chi connectivity index (χ1v) is 9.56. The van der Waals surface area contributed by atoms with Crippen molar-refractivity contribution in [1.82, 2.24) is 4.90 Å². The van der Waals surface area contributed by atoms with Crippen molar-refractivity contribution in [3.8, 4) is 0 Å². The lowest BCUT2D eigenvalue weighted by Gasteiger charge is -2.26. The number of nitrogens with zero attached hydrogens (tertiary/aromatic N) is 1. The fourth-order valence-corrected chi connectivity index (χ4v) is 4.60. The van der Waals surface area contributed by atoms with Crippen LogP contribution in [0, 0.1) is 17.3 Å². The van der Waals surface area contributed by atoms with E-state index in [0.717, 1.165) is 16.8 Å². The van der Waals surface area contributed by atoms with E-state index in [4.69, 9.17) is 0 Å². The Labute approximate surface area is 160 Å². The molecule has 0 spiro atoms. The molecule has 0 aromatic heterocycles. The van der Waals surface area contributed by atoms with Gasteiger partial charge in [-0.3, -0.25) is 9.59 Å². The van der Waals surface area contributed by atoms with Gasteiger partial charge >= 0.3 is 0 Å². The van der Waals surface area contributed by atoms with Crippen LogP contribution in [0.5, 0.6) is 0 Å². The summed E-state index contributed by atoms with van der Waals surface area (Å²) >= 11 is 0. The van der Waals surface area contributed by atoms with Gasteiger partial charge in [-0.05, 0) is 41.9 Å². The van der Waals surface area contributed by atoms with Crippen molar-refractivity contribution < 1.29 is 9.59 Å². The van der Waals surface area contributed by atoms with Gasteiger partial charge in [0.05, 0.1) is 6.54 Å². The number of Topliss-reactive ketones (excluding diaryl/α,β-unsaturated/α-hetero) is 1. The smallest absolute Gasteiger partial charge is 0.258 e. The van der Waals surface area contributed by atoms with E-state index in [-0.39, 0.29) is 23.0 Å². The van der Waals surface area contributed by atoms with Gasteiger partial charge in [-0.2, -0.15) is 0 Å². The molecular formula is C24H25NO2. The highest BCUT2D eigenvalue weighted by Gasteiger charge is 2.65.